The molecular weight excluding hydrogens is 322 g/mol. The highest BCUT2D eigenvalue weighted by molar-refractivity contribution is 7.87. The van der Waals surface area contributed by atoms with E-state index in [1.807, 2.05) is 6.07 Å². The summed E-state index contributed by atoms with van der Waals surface area (Å²) in [6.45, 7) is 0. The number of nitro groups is 1. The highest BCUT2D eigenvalue weighted by atomic mass is 32.2. The summed E-state index contributed by atoms with van der Waals surface area (Å²) in [4.78, 5) is 13.6. The van der Waals surface area contributed by atoms with Gasteiger partial charge >= 0.3 is 15.9 Å². The fourth-order valence-electron chi connectivity index (χ4n) is 2.25. The Morgan fingerprint density at radius 2 is 1.87 bits per heavy atom. The average Bonchev–Trinajstić information content (AvgIpc) is 2.90. The van der Waals surface area contributed by atoms with Crippen molar-refractivity contribution in [3.63, 3.8) is 0 Å². The maximum Gasteiger partial charge on any atom is 0.404 e. The largest absolute Gasteiger partial charge is 0.404 e. The van der Waals surface area contributed by atoms with Crippen LogP contribution in [0.4, 0.5) is 5.82 Å². The summed E-state index contributed by atoms with van der Waals surface area (Å²) in [5, 5.41) is 11.7. The third kappa shape index (κ3) is 2.61. The minimum Gasteiger partial charge on any atom is -0.377 e. The Morgan fingerprint density at radius 1 is 1.17 bits per heavy atom. The molecule has 0 saturated carbocycles. The van der Waals surface area contributed by atoms with Gasteiger partial charge in [0.05, 0.1) is 0 Å². The summed E-state index contributed by atoms with van der Waals surface area (Å²) >= 11 is 0. The molecule has 0 aliphatic rings. The molecule has 8 nitrogen and oxygen atoms in total. The van der Waals surface area contributed by atoms with Crippen molar-refractivity contribution in [2.45, 2.75) is 5.03 Å². The van der Waals surface area contributed by atoms with E-state index in [0.29, 0.717) is 5.39 Å². The van der Waals surface area contributed by atoms with Gasteiger partial charge in [-0.05, 0) is 21.4 Å². The van der Waals surface area contributed by atoms with Gasteiger partial charge in [-0.2, -0.15) is 8.42 Å². The lowest BCUT2D eigenvalue weighted by atomic mass is 10.1. The van der Waals surface area contributed by atoms with Crippen molar-refractivity contribution >= 4 is 26.7 Å². The lowest BCUT2D eigenvalue weighted by Crippen LogP contribution is -2.15. The summed E-state index contributed by atoms with van der Waals surface area (Å²) in [7, 11) is -3.06. The van der Waals surface area contributed by atoms with Gasteiger partial charge in [0, 0.05) is 12.4 Å². The number of hydrogen-bond acceptors (Lipinski definition) is 6. The maximum atomic E-state index is 12.5. The summed E-state index contributed by atoms with van der Waals surface area (Å²) < 4.78 is 31.1. The molecule has 0 unspecified atom stereocenters. The molecule has 0 bridgehead atoms. The first kappa shape index (κ1) is 15.0. The first-order chi connectivity index (χ1) is 10.9. The number of hydrogen-bond donors (Lipinski definition) is 0. The van der Waals surface area contributed by atoms with Crippen LogP contribution in [0.25, 0.3) is 10.8 Å². The predicted octanol–water partition coefficient (Wildman–Crippen LogP) is 2.25. The van der Waals surface area contributed by atoms with Crippen LogP contribution in [0.1, 0.15) is 0 Å². The third-order valence-corrected chi connectivity index (χ3v) is 4.57. The van der Waals surface area contributed by atoms with Crippen LogP contribution < -0.4 is 4.18 Å². The van der Waals surface area contributed by atoms with E-state index in [1.165, 1.54) is 13.1 Å². The fraction of sp³-hybridized carbons (Fsp3) is 0.0714. The Kier molecular flexibility index (Phi) is 3.49. The van der Waals surface area contributed by atoms with Crippen molar-refractivity contribution in [1.82, 2.24) is 9.55 Å². The molecule has 0 fully saturated rings. The van der Waals surface area contributed by atoms with Crippen molar-refractivity contribution in [3.05, 3.63) is 58.9 Å². The molecule has 0 atom stereocenters. The Morgan fingerprint density at radius 3 is 2.61 bits per heavy atom. The molecule has 0 radical (unpaired) electrons. The molecule has 2 aromatic carbocycles. The van der Waals surface area contributed by atoms with Crippen molar-refractivity contribution in [1.29, 1.82) is 0 Å². The van der Waals surface area contributed by atoms with Crippen molar-refractivity contribution in [3.8, 4) is 5.75 Å². The predicted molar refractivity (Wildman–Crippen MR) is 81.6 cm³/mol. The first-order valence-corrected chi connectivity index (χ1v) is 7.89. The smallest absolute Gasteiger partial charge is 0.377 e. The summed E-state index contributed by atoms with van der Waals surface area (Å²) in [6.07, 6.45) is 1.05. The second-order valence-corrected chi connectivity index (χ2v) is 6.22. The second-order valence-electron chi connectivity index (χ2n) is 4.76. The molecular formula is C14H11N3O5S. The highest BCUT2D eigenvalue weighted by Gasteiger charge is 2.34. The molecule has 1 heterocycles. The highest BCUT2D eigenvalue weighted by Crippen LogP contribution is 2.30. The van der Waals surface area contributed by atoms with E-state index in [1.54, 1.807) is 30.3 Å². The van der Waals surface area contributed by atoms with E-state index >= 15 is 0 Å². The van der Waals surface area contributed by atoms with Crippen molar-refractivity contribution in [2.24, 2.45) is 7.05 Å². The molecule has 3 rings (SSSR count). The minimum atomic E-state index is -4.41. The van der Waals surface area contributed by atoms with Crippen LogP contribution in [-0.2, 0) is 17.2 Å². The standard InChI is InChI=1S/C14H11N3O5S/c1-16-9-15-13(17(18)19)14(16)23(20,21)22-12-8-4-6-10-5-2-3-7-11(10)12/h2-9H,1H3. The van der Waals surface area contributed by atoms with Crippen LogP contribution in [0.15, 0.2) is 53.8 Å². The molecule has 0 saturated heterocycles. The van der Waals surface area contributed by atoms with E-state index in [-0.39, 0.29) is 5.75 Å². The zero-order valence-electron chi connectivity index (χ0n) is 11.9. The molecule has 0 aliphatic heterocycles. The van der Waals surface area contributed by atoms with Crippen LogP contribution in [0.2, 0.25) is 0 Å². The van der Waals surface area contributed by atoms with Crippen LogP contribution in [0.3, 0.4) is 0 Å². The van der Waals surface area contributed by atoms with E-state index in [0.717, 1.165) is 16.3 Å². The Balaban J connectivity index is 2.12. The van der Waals surface area contributed by atoms with Gasteiger partial charge in [0.25, 0.3) is 5.03 Å². The van der Waals surface area contributed by atoms with Crippen molar-refractivity contribution in [2.75, 3.05) is 0 Å². The van der Waals surface area contributed by atoms with Gasteiger partial charge in [-0.15, -0.1) is 0 Å². The van der Waals surface area contributed by atoms with Gasteiger partial charge in [0.15, 0.2) is 5.75 Å². The first-order valence-electron chi connectivity index (χ1n) is 6.48. The zero-order valence-corrected chi connectivity index (χ0v) is 12.7. The SMILES string of the molecule is Cn1cnc([N+](=O)[O-])c1S(=O)(=O)Oc1cccc2ccccc12. The van der Waals surface area contributed by atoms with Gasteiger partial charge in [-0.3, -0.25) is 4.57 Å². The van der Waals surface area contributed by atoms with Gasteiger partial charge in [-0.25, -0.2) is 0 Å². The second kappa shape index (κ2) is 5.36. The molecule has 3 aromatic rings. The maximum absolute atomic E-state index is 12.5. The van der Waals surface area contributed by atoms with Crippen LogP contribution in [0.5, 0.6) is 5.75 Å². The number of nitrogens with zero attached hydrogens (tertiary/aromatic N) is 3. The molecule has 0 spiro atoms. The van der Waals surface area contributed by atoms with Gasteiger partial charge in [-0.1, -0.05) is 36.4 Å². The molecule has 1 aromatic heterocycles. The summed E-state index contributed by atoms with van der Waals surface area (Å²) in [5.74, 6) is -0.675. The van der Waals surface area contributed by atoms with E-state index in [2.05, 4.69) is 4.98 Å². The Labute approximate surface area is 131 Å². The minimum absolute atomic E-state index is 0.0959. The number of imidazole rings is 1. The van der Waals surface area contributed by atoms with Crippen LogP contribution >= 0.6 is 0 Å². The molecule has 23 heavy (non-hydrogen) atoms. The number of benzene rings is 2. The third-order valence-electron chi connectivity index (χ3n) is 3.22. The molecule has 0 amide bonds. The number of fused-ring (bicyclic) bond motifs is 1. The number of rotatable bonds is 4. The van der Waals surface area contributed by atoms with Crippen molar-refractivity contribution < 1.29 is 17.5 Å². The zero-order chi connectivity index (χ0) is 16.6. The Hall–Kier alpha value is -2.94. The van der Waals surface area contributed by atoms with Gasteiger partial charge < -0.3 is 14.3 Å². The van der Waals surface area contributed by atoms with E-state index < -0.39 is 25.9 Å². The molecule has 0 aliphatic carbocycles. The normalized spacial score (nSPS) is 11.5. The lowest BCUT2D eigenvalue weighted by molar-refractivity contribution is -0.392. The average molecular weight is 333 g/mol. The summed E-state index contributed by atoms with van der Waals surface area (Å²) in [5.41, 5.74) is 0. The topological polar surface area (TPSA) is 104 Å². The van der Waals surface area contributed by atoms with Gasteiger partial charge in [0.1, 0.15) is 0 Å². The van der Waals surface area contributed by atoms with E-state index in [9.17, 15) is 18.5 Å². The Bertz CT molecular complexity index is 1000. The summed E-state index contributed by atoms with van der Waals surface area (Å²) in [6, 6.07) is 12.0. The monoisotopic (exact) mass is 333 g/mol. The number of aromatic nitrogens is 2. The number of aryl methyl sites for hydroxylation is 1. The quantitative estimate of drug-likeness (QED) is 0.412. The van der Waals surface area contributed by atoms with Crippen LogP contribution in [0, 0.1) is 10.1 Å². The fourth-order valence-corrected chi connectivity index (χ4v) is 3.46. The molecule has 118 valence electrons. The molecule has 0 N–H and O–H groups in total. The van der Waals surface area contributed by atoms with Gasteiger partial charge in [0.2, 0.25) is 6.33 Å². The van der Waals surface area contributed by atoms with Crippen LogP contribution in [-0.4, -0.2) is 22.9 Å². The van der Waals surface area contributed by atoms with E-state index in [4.69, 9.17) is 4.18 Å². The molecule has 9 heteroatoms. The lowest BCUT2D eigenvalue weighted by Gasteiger charge is -2.09.